The summed E-state index contributed by atoms with van der Waals surface area (Å²) in [5, 5.41) is 13.0. The summed E-state index contributed by atoms with van der Waals surface area (Å²) in [5.41, 5.74) is 2.03. The molecule has 2 aromatic heterocycles. The Morgan fingerprint density at radius 3 is 2.53 bits per heavy atom. The van der Waals surface area contributed by atoms with Crippen LogP contribution in [0.5, 0.6) is 5.75 Å². The maximum absolute atomic E-state index is 12.9. The molecule has 0 aliphatic rings. The van der Waals surface area contributed by atoms with E-state index in [9.17, 15) is 19.5 Å². The number of phenolic OH excluding ortho intramolecular Hbond substituents is 1. The first-order chi connectivity index (χ1) is 15.3. The van der Waals surface area contributed by atoms with Gasteiger partial charge >= 0.3 is 5.63 Å². The quantitative estimate of drug-likeness (QED) is 0.470. The van der Waals surface area contributed by atoms with E-state index in [1.54, 1.807) is 31.6 Å². The summed E-state index contributed by atoms with van der Waals surface area (Å²) < 4.78 is 8.48. The van der Waals surface area contributed by atoms with Crippen LogP contribution in [0.2, 0.25) is 0 Å². The van der Waals surface area contributed by atoms with Gasteiger partial charge in [-0.15, -0.1) is 0 Å². The van der Waals surface area contributed by atoms with Crippen LogP contribution in [0.25, 0.3) is 16.7 Å². The topological polar surface area (TPSA) is 106 Å². The van der Waals surface area contributed by atoms with E-state index in [-0.39, 0.29) is 35.7 Å². The van der Waals surface area contributed by atoms with Gasteiger partial charge in [-0.2, -0.15) is 0 Å². The van der Waals surface area contributed by atoms with E-state index < -0.39 is 5.63 Å². The van der Waals surface area contributed by atoms with Gasteiger partial charge in [0.15, 0.2) is 0 Å². The number of hydrogen-bond acceptors (Lipinski definition) is 5. The van der Waals surface area contributed by atoms with Gasteiger partial charge in [0.2, 0.25) is 5.91 Å². The van der Waals surface area contributed by atoms with Gasteiger partial charge in [0, 0.05) is 30.5 Å². The van der Waals surface area contributed by atoms with E-state index in [0.717, 1.165) is 0 Å². The molecule has 8 heteroatoms. The van der Waals surface area contributed by atoms with E-state index >= 15 is 0 Å². The highest BCUT2D eigenvalue weighted by Gasteiger charge is 2.19. The van der Waals surface area contributed by atoms with Gasteiger partial charge in [-0.25, -0.2) is 9.48 Å². The Morgan fingerprint density at radius 1 is 1.09 bits per heavy atom. The van der Waals surface area contributed by atoms with Gasteiger partial charge in [0.25, 0.3) is 5.56 Å². The molecule has 8 nitrogen and oxygen atoms in total. The third-order valence-corrected chi connectivity index (χ3v) is 5.69. The predicted molar refractivity (Wildman–Crippen MR) is 122 cm³/mol. The molecule has 2 aromatic carbocycles. The van der Waals surface area contributed by atoms with Crippen molar-refractivity contribution in [2.75, 3.05) is 5.32 Å². The maximum atomic E-state index is 12.9. The minimum atomic E-state index is -0.546. The van der Waals surface area contributed by atoms with Crippen molar-refractivity contribution >= 4 is 22.6 Å². The molecule has 32 heavy (non-hydrogen) atoms. The lowest BCUT2D eigenvalue weighted by Crippen LogP contribution is -2.23. The largest absolute Gasteiger partial charge is 0.508 e. The third-order valence-electron chi connectivity index (χ3n) is 5.69. The fraction of sp³-hybridized carbons (Fsp3) is 0.208. The number of nitrogens with one attached hydrogen (secondary N) is 1. The highest BCUT2D eigenvalue weighted by atomic mass is 16.4. The SMILES string of the molecule is Cc1c(CCC(=O)Nc2c(C)n(C)n(-c3ccccc3)c2=O)c(=O)oc2cc(O)ccc12. The van der Waals surface area contributed by atoms with Gasteiger partial charge in [0.1, 0.15) is 17.0 Å². The molecule has 0 saturated heterocycles. The number of aryl methyl sites for hydroxylation is 1. The molecule has 0 fully saturated rings. The summed E-state index contributed by atoms with van der Waals surface area (Å²) in [6.45, 7) is 3.54. The average molecular weight is 433 g/mol. The number of hydrogen-bond donors (Lipinski definition) is 2. The molecule has 4 rings (SSSR count). The van der Waals surface area contributed by atoms with Crippen molar-refractivity contribution in [2.45, 2.75) is 26.7 Å². The molecule has 0 unspecified atom stereocenters. The van der Waals surface area contributed by atoms with Gasteiger partial charge in [-0.3, -0.25) is 14.3 Å². The summed E-state index contributed by atoms with van der Waals surface area (Å²) >= 11 is 0. The number of fused-ring (bicyclic) bond motifs is 1. The normalized spacial score (nSPS) is 11.1. The van der Waals surface area contributed by atoms with Crippen LogP contribution in [-0.4, -0.2) is 20.4 Å². The Labute approximate surface area is 183 Å². The monoisotopic (exact) mass is 433 g/mol. The number of aromatic hydroxyl groups is 1. The lowest BCUT2D eigenvalue weighted by molar-refractivity contribution is -0.116. The van der Waals surface area contributed by atoms with Crippen molar-refractivity contribution in [3.05, 3.63) is 86.1 Å². The summed E-state index contributed by atoms with van der Waals surface area (Å²) in [6.07, 6.45) is 0.171. The summed E-state index contributed by atoms with van der Waals surface area (Å²) in [5.74, 6) is -0.368. The second-order valence-corrected chi connectivity index (χ2v) is 7.66. The van der Waals surface area contributed by atoms with E-state index in [2.05, 4.69) is 5.32 Å². The van der Waals surface area contributed by atoms with Crippen LogP contribution in [0.4, 0.5) is 5.69 Å². The lowest BCUT2D eigenvalue weighted by atomic mass is 10.0. The molecule has 4 aromatic rings. The zero-order valence-corrected chi connectivity index (χ0v) is 18.0. The smallest absolute Gasteiger partial charge is 0.339 e. The van der Waals surface area contributed by atoms with Gasteiger partial charge < -0.3 is 14.8 Å². The standard InChI is InChI=1S/C24H23N3O5/c1-14-18-10-9-17(28)13-20(18)32-24(31)19(14)11-12-21(29)25-22-15(2)26(3)27(23(22)30)16-7-5-4-6-8-16/h4-10,13,28H,11-12H2,1-3H3,(H,25,29). The van der Waals surface area contributed by atoms with E-state index in [0.29, 0.717) is 33.5 Å². The number of para-hydroxylation sites is 1. The number of benzene rings is 2. The van der Waals surface area contributed by atoms with Crippen molar-refractivity contribution in [3.63, 3.8) is 0 Å². The van der Waals surface area contributed by atoms with Crippen LogP contribution >= 0.6 is 0 Å². The van der Waals surface area contributed by atoms with Gasteiger partial charge in [-0.1, -0.05) is 18.2 Å². The number of aromatic nitrogens is 2. The minimum absolute atomic E-state index is 0.00608. The van der Waals surface area contributed by atoms with Crippen LogP contribution in [-0.2, 0) is 18.3 Å². The fourth-order valence-corrected chi connectivity index (χ4v) is 3.82. The number of carbonyl (C=O) groups is 1. The van der Waals surface area contributed by atoms with E-state index in [1.807, 2.05) is 30.3 Å². The molecule has 0 bridgehead atoms. The van der Waals surface area contributed by atoms with Crippen molar-refractivity contribution in [1.82, 2.24) is 9.36 Å². The predicted octanol–water partition coefficient (Wildman–Crippen LogP) is 3.18. The van der Waals surface area contributed by atoms with Crippen LogP contribution in [0, 0.1) is 13.8 Å². The number of phenols is 1. The number of rotatable bonds is 5. The molecule has 0 spiro atoms. The third kappa shape index (κ3) is 3.71. The molecule has 0 radical (unpaired) electrons. The van der Waals surface area contributed by atoms with Crippen LogP contribution < -0.4 is 16.5 Å². The minimum Gasteiger partial charge on any atom is -0.508 e. The lowest BCUT2D eigenvalue weighted by Gasteiger charge is -2.08. The van der Waals surface area contributed by atoms with Crippen LogP contribution in [0.15, 0.2) is 62.5 Å². The number of carbonyl (C=O) groups excluding carboxylic acids is 1. The zero-order chi connectivity index (χ0) is 23.0. The molecule has 164 valence electrons. The second kappa shape index (κ2) is 8.22. The van der Waals surface area contributed by atoms with Crippen molar-refractivity contribution in [2.24, 2.45) is 7.05 Å². The number of anilines is 1. The first-order valence-corrected chi connectivity index (χ1v) is 10.2. The molecule has 1 amide bonds. The summed E-state index contributed by atoms with van der Waals surface area (Å²) in [7, 11) is 1.75. The highest BCUT2D eigenvalue weighted by molar-refractivity contribution is 5.91. The Kier molecular flexibility index (Phi) is 5.44. The van der Waals surface area contributed by atoms with E-state index in [1.165, 1.54) is 16.8 Å². The molecule has 0 aliphatic carbocycles. The van der Waals surface area contributed by atoms with Crippen molar-refractivity contribution < 1.29 is 14.3 Å². The van der Waals surface area contributed by atoms with Crippen LogP contribution in [0.1, 0.15) is 23.2 Å². The second-order valence-electron chi connectivity index (χ2n) is 7.66. The van der Waals surface area contributed by atoms with Gasteiger partial charge in [-0.05, 0) is 50.1 Å². The van der Waals surface area contributed by atoms with Crippen LogP contribution in [0.3, 0.4) is 0 Å². The molecule has 0 aliphatic heterocycles. The summed E-state index contributed by atoms with van der Waals surface area (Å²) in [6, 6.07) is 13.7. The maximum Gasteiger partial charge on any atom is 0.339 e. The average Bonchev–Trinajstić information content (AvgIpc) is 2.97. The Morgan fingerprint density at radius 2 is 1.81 bits per heavy atom. The van der Waals surface area contributed by atoms with Crippen molar-refractivity contribution in [3.8, 4) is 11.4 Å². The molecule has 0 atom stereocenters. The molecule has 2 heterocycles. The first-order valence-electron chi connectivity index (χ1n) is 10.2. The van der Waals surface area contributed by atoms with E-state index in [4.69, 9.17) is 4.42 Å². The highest BCUT2D eigenvalue weighted by Crippen LogP contribution is 2.24. The molecule has 2 N–H and O–H groups in total. The molecular weight excluding hydrogens is 410 g/mol. The summed E-state index contributed by atoms with van der Waals surface area (Å²) in [4.78, 5) is 38.0. The first kappa shape index (κ1) is 21.2. The Balaban J connectivity index is 1.57. The van der Waals surface area contributed by atoms with Crippen molar-refractivity contribution in [1.29, 1.82) is 0 Å². The Bertz CT molecular complexity index is 1440. The Hall–Kier alpha value is -4.07. The molecular formula is C24H23N3O5. The molecule has 0 saturated carbocycles. The zero-order valence-electron chi connectivity index (χ0n) is 18.0. The number of amides is 1. The number of nitrogens with zero attached hydrogens (tertiary/aromatic N) is 2. The van der Waals surface area contributed by atoms with Gasteiger partial charge in [0.05, 0.1) is 11.4 Å². The fourth-order valence-electron chi connectivity index (χ4n) is 3.82.